The number of benzene rings is 1. The normalized spacial score (nSPS) is 11.2. The van der Waals surface area contributed by atoms with E-state index in [0.717, 1.165) is 46.8 Å². The Bertz CT molecular complexity index is 1020. The van der Waals surface area contributed by atoms with Gasteiger partial charge in [-0.15, -0.1) is 11.3 Å². The third kappa shape index (κ3) is 3.60. The van der Waals surface area contributed by atoms with Gasteiger partial charge < -0.3 is 5.32 Å². The number of hydrogen-bond donors (Lipinski definition) is 1. The Morgan fingerprint density at radius 3 is 2.77 bits per heavy atom. The maximum atomic E-state index is 4.77. The highest BCUT2D eigenvalue weighted by atomic mass is 32.1. The fraction of sp³-hybridized carbons (Fsp3) is 0.250. The molecular formula is C20H21N5S. The Labute approximate surface area is 156 Å². The molecule has 0 aliphatic rings. The molecule has 1 aromatic carbocycles. The molecule has 4 aromatic rings. The summed E-state index contributed by atoms with van der Waals surface area (Å²) in [6.45, 7) is 2.98. The molecule has 0 aliphatic carbocycles. The number of fused-ring (bicyclic) bond motifs is 1. The van der Waals surface area contributed by atoms with Gasteiger partial charge in [0.15, 0.2) is 5.82 Å². The van der Waals surface area contributed by atoms with E-state index in [1.807, 2.05) is 13.2 Å². The highest BCUT2D eigenvalue weighted by Crippen LogP contribution is 2.30. The molecule has 0 saturated heterocycles. The first-order valence-electron chi connectivity index (χ1n) is 8.74. The molecule has 0 aliphatic heterocycles. The maximum Gasteiger partial charge on any atom is 0.166 e. The van der Waals surface area contributed by atoms with Crippen molar-refractivity contribution in [1.29, 1.82) is 0 Å². The molecule has 5 nitrogen and oxygen atoms in total. The van der Waals surface area contributed by atoms with E-state index in [4.69, 9.17) is 9.97 Å². The molecule has 0 bridgehead atoms. The topological polar surface area (TPSA) is 55.6 Å². The third-order valence-electron chi connectivity index (χ3n) is 4.26. The molecule has 0 unspecified atom stereocenters. The number of anilines is 1. The van der Waals surface area contributed by atoms with Gasteiger partial charge in [0, 0.05) is 24.7 Å². The van der Waals surface area contributed by atoms with Crippen LogP contribution < -0.4 is 5.32 Å². The van der Waals surface area contributed by atoms with Crippen molar-refractivity contribution in [2.24, 2.45) is 7.05 Å². The fourth-order valence-electron chi connectivity index (χ4n) is 2.99. The van der Waals surface area contributed by atoms with E-state index in [0.29, 0.717) is 0 Å². The molecule has 0 radical (unpaired) electrons. The summed E-state index contributed by atoms with van der Waals surface area (Å²) in [7, 11) is 1.90. The molecule has 4 rings (SSSR count). The average molecular weight is 363 g/mol. The molecule has 0 saturated carbocycles. The number of nitrogens with one attached hydrogen (secondary N) is 1. The molecule has 0 fully saturated rings. The van der Waals surface area contributed by atoms with E-state index in [1.165, 1.54) is 10.4 Å². The minimum Gasteiger partial charge on any atom is -0.369 e. The first-order chi connectivity index (χ1) is 12.7. The first-order valence-corrected chi connectivity index (χ1v) is 9.56. The summed E-state index contributed by atoms with van der Waals surface area (Å²) in [6.07, 6.45) is 5.86. The lowest BCUT2D eigenvalue weighted by molar-refractivity contribution is 0.768. The summed E-state index contributed by atoms with van der Waals surface area (Å²) in [4.78, 5) is 11.8. The molecule has 0 amide bonds. The van der Waals surface area contributed by atoms with Crippen molar-refractivity contribution >= 4 is 27.4 Å². The van der Waals surface area contributed by atoms with Crippen LogP contribution in [0.5, 0.6) is 0 Å². The van der Waals surface area contributed by atoms with E-state index in [1.54, 1.807) is 22.2 Å². The van der Waals surface area contributed by atoms with Gasteiger partial charge >= 0.3 is 0 Å². The Morgan fingerprint density at radius 2 is 2.00 bits per heavy atom. The Balaban J connectivity index is 1.55. The van der Waals surface area contributed by atoms with Gasteiger partial charge in [0.2, 0.25) is 0 Å². The standard InChI is InChI=1S/C20H21N5S/c1-14-11-17-19(21-10-6-9-15-7-4-3-5-8-15)23-18(24-20(17)26-14)16-12-22-25(2)13-16/h3-5,7-8,11-13H,6,9-10H2,1-2H3,(H,21,23,24). The van der Waals surface area contributed by atoms with Crippen molar-refractivity contribution < 1.29 is 0 Å². The van der Waals surface area contributed by atoms with Gasteiger partial charge in [-0.25, -0.2) is 9.97 Å². The van der Waals surface area contributed by atoms with Gasteiger partial charge in [-0.05, 0) is 31.4 Å². The van der Waals surface area contributed by atoms with Crippen LogP contribution in [0.15, 0.2) is 48.8 Å². The second kappa shape index (κ2) is 7.25. The number of aromatic nitrogens is 4. The summed E-state index contributed by atoms with van der Waals surface area (Å²) >= 11 is 1.70. The molecule has 0 spiro atoms. The lowest BCUT2D eigenvalue weighted by Crippen LogP contribution is -2.06. The predicted octanol–water partition coefficient (Wildman–Crippen LogP) is 4.44. The Morgan fingerprint density at radius 1 is 1.15 bits per heavy atom. The summed E-state index contributed by atoms with van der Waals surface area (Å²) in [5.74, 6) is 1.63. The van der Waals surface area contributed by atoms with E-state index >= 15 is 0 Å². The zero-order valence-electron chi connectivity index (χ0n) is 14.9. The number of thiophene rings is 1. The summed E-state index contributed by atoms with van der Waals surface area (Å²) in [6, 6.07) is 12.7. The SMILES string of the molecule is Cc1cc2c(NCCCc3ccccc3)nc(-c3cnn(C)c3)nc2s1. The zero-order chi connectivity index (χ0) is 17.9. The molecule has 26 heavy (non-hydrogen) atoms. The van der Waals surface area contributed by atoms with Gasteiger partial charge in [0.1, 0.15) is 10.6 Å². The van der Waals surface area contributed by atoms with Gasteiger partial charge in [0.25, 0.3) is 0 Å². The molecule has 6 heteroatoms. The monoisotopic (exact) mass is 363 g/mol. The van der Waals surface area contributed by atoms with Crippen LogP contribution in [-0.2, 0) is 13.5 Å². The van der Waals surface area contributed by atoms with Crippen LogP contribution in [0.3, 0.4) is 0 Å². The van der Waals surface area contributed by atoms with Crippen molar-refractivity contribution in [3.63, 3.8) is 0 Å². The highest BCUT2D eigenvalue weighted by Gasteiger charge is 2.12. The molecule has 0 atom stereocenters. The first kappa shape index (κ1) is 16.7. The third-order valence-corrected chi connectivity index (χ3v) is 5.20. The quantitative estimate of drug-likeness (QED) is 0.514. The van der Waals surface area contributed by atoms with Crippen LogP contribution in [-0.4, -0.2) is 26.3 Å². The van der Waals surface area contributed by atoms with Gasteiger partial charge in [-0.3, -0.25) is 4.68 Å². The second-order valence-corrected chi connectivity index (χ2v) is 7.63. The van der Waals surface area contributed by atoms with Crippen molar-refractivity contribution in [3.05, 3.63) is 59.2 Å². The van der Waals surface area contributed by atoms with Crippen LogP contribution in [0, 0.1) is 6.92 Å². The molecular weight excluding hydrogens is 342 g/mol. The summed E-state index contributed by atoms with van der Waals surface area (Å²) in [5.41, 5.74) is 2.30. The van der Waals surface area contributed by atoms with Crippen LogP contribution >= 0.6 is 11.3 Å². The molecule has 132 valence electrons. The minimum absolute atomic E-state index is 0.720. The fourth-order valence-corrected chi connectivity index (χ4v) is 3.87. The Hall–Kier alpha value is -2.73. The van der Waals surface area contributed by atoms with Gasteiger partial charge in [0.05, 0.1) is 17.1 Å². The number of nitrogens with zero attached hydrogens (tertiary/aromatic N) is 4. The second-order valence-electron chi connectivity index (χ2n) is 6.39. The van der Waals surface area contributed by atoms with Crippen molar-refractivity contribution in [1.82, 2.24) is 19.7 Å². The maximum absolute atomic E-state index is 4.77. The smallest absolute Gasteiger partial charge is 0.166 e. The molecule has 3 heterocycles. The van der Waals surface area contributed by atoms with Crippen LogP contribution in [0.4, 0.5) is 5.82 Å². The van der Waals surface area contributed by atoms with E-state index in [9.17, 15) is 0 Å². The van der Waals surface area contributed by atoms with Crippen molar-refractivity contribution in [2.75, 3.05) is 11.9 Å². The van der Waals surface area contributed by atoms with Gasteiger partial charge in [-0.1, -0.05) is 30.3 Å². The number of aryl methyl sites for hydroxylation is 3. The van der Waals surface area contributed by atoms with Crippen molar-refractivity contribution in [2.45, 2.75) is 19.8 Å². The average Bonchev–Trinajstić information content (AvgIpc) is 3.24. The van der Waals surface area contributed by atoms with Crippen LogP contribution in [0.25, 0.3) is 21.6 Å². The highest BCUT2D eigenvalue weighted by molar-refractivity contribution is 7.18. The van der Waals surface area contributed by atoms with Gasteiger partial charge in [-0.2, -0.15) is 5.10 Å². The van der Waals surface area contributed by atoms with Crippen molar-refractivity contribution in [3.8, 4) is 11.4 Å². The summed E-state index contributed by atoms with van der Waals surface area (Å²) < 4.78 is 1.77. The summed E-state index contributed by atoms with van der Waals surface area (Å²) in [5, 5.41) is 8.85. The minimum atomic E-state index is 0.720. The zero-order valence-corrected chi connectivity index (χ0v) is 15.8. The van der Waals surface area contributed by atoms with Crippen LogP contribution in [0.2, 0.25) is 0 Å². The van der Waals surface area contributed by atoms with E-state index < -0.39 is 0 Å². The number of hydrogen-bond acceptors (Lipinski definition) is 5. The van der Waals surface area contributed by atoms with Crippen LogP contribution in [0.1, 0.15) is 16.9 Å². The largest absolute Gasteiger partial charge is 0.369 e. The number of rotatable bonds is 6. The predicted molar refractivity (Wildman–Crippen MR) is 108 cm³/mol. The molecule has 3 aromatic heterocycles. The van der Waals surface area contributed by atoms with E-state index in [2.05, 4.69) is 53.7 Å². The lowest BCUT2D eigenvalue weighted by Gasteiger charge is -2.08. The van der Waals surface area contributed by atoms with E-state index in [-0.39, 0.29) is 0 Å². The lowest BCUT2D eigenvalue weighted by atomic mass is 10.1. The Kier molecular flexibility index (Phi) is 4.67. The molecule has 1 N–H and O–H groups in total.